The number of hydrogen-bond acceptors (Lipinski definition) is 9. The molecule has 11 nitrogen and oxygen atoms in total. The van der Waals surface area contributed by atoms with Crippen LogP contribution in [0.3, 0.4) is 0 Å². The Bertz CT molecular complexity index is 1270. The Balaban J connectivity index is 1.46. The second-order valence-corrected chi connectivity index (χ2v) is 10.8. The summed E-state index contributed by atoms with van der Waals surface area (Å²) in [6.45, 7) is 12.7. The summed E-state index contributed by atoms with van der Waals surface area (Å²) < 4.78 is 5.48. The Labute approximate surface area is 235 Å². The fourth-order valence-corrected chi connectivity index (χ4v) is 4.50. The molecular weight excluding hydrogens is 510 g/mol. The molecule has 3 heterocycles. The molecule has 2 N–H and O–H groups in total. The zero-order valence-electron chi connectivity index (χ0n) is 24.0. The number of ether oxygens (including phenoxy) is 1. The second-order valence-electron chi connectivity index (χ2n) is 10.8. The number of fused-ring (bicyclic) bond motifs is 1. The Morgan fingerprint density at radius 3 is 2.38 bits per heavy atom. The molecule has 0 aliphatic carbocycles. The molecule has 1 fully saturated rings. The fourth-order valence-electron chi connectivity index (χ4n) is 4.50. The molecule has 0 bridgehead atoms. The van der Waals surface area contributed by atoms with E-state index in [0.29, 0.717) is 62.4 Å². The number of carbonyl (C=O) groups excluding carboxylic acids is 2. The number of amidine groups is 1. The van der Waals surface area contributed by atoms with E-state index in [1.165, 1.54) is 5.06 Å². The zero-order chi connectivity index (χ0) is 28.9. The predicted molar refractivity (Wildman–Crippen MR) is 155 cm³/mol. The van der Waals surface area contributed by atoms with Crippen LogP contribution < -0.4 is 10.6 Å². The molecule has 1 aromatic carbocycles. The van der Waals surface area contributed by atoms with E-state index in [1.54, 1.807) is 17.3 Å². The van der Waals surface area contributed by atoms with Gasteiger partial charge in [0, 0.05) is 68.2 Å². The maximum absolute atomic E-state index is 13.1. The maximum Gasteiger partial charge on any atom is 0.410 e. The van der Waals surface area contributed by atoms with Crippen LogP contribution in [0.1, 0.15) is 53.0 Å². The van der Waals surface area contributed by atoms with E-state index in [1.807, 2.05) is 58.9 Å². The lowest BCUT2D eigenvalue weighted by Crippen LogP contribution is -2.50. The van der Waals surface area contributed by atoms with E-state index in [0.717, 1.165) is 23.1 Å². The number of benzene rings is 1. The molecule has 4 rings (SSSR count). The molecule has 1 aromatic heterocycles. The van der Waals surface area contributed by atoms with Crippen molar-refractivity contribution in [3.8, 4) is 11.1 Å². The minimum Gasteiger partial charge on any atom is -0.444 e. The number of nitrogens with zero attached hydrogens (tertiary/aromatic N) is 6. The van der Waals surface area contributed by atoms with Crippen LogP contribution in [0, 0.1) is 0 Å². The number of piperazine rings is 1. The zero-order valence-corrected chi connectivity index (χ0v) is 24.0. The van der Waals surface area contributed by atoms with Crippen molar-refractivity contribution in [2.24, 2.45) is 10.7 Å². The van der Waals surface area contributed by atoms with Crippen LogP contribution >= 0.6 is 0 Å². The van der Waals surface area contributed by atoms with Crippen LogP contribution in [0.4, 0.5) is 16.4 Å². The number of carbonyl (C=O) groups is 2. The van der Waals surface area contributed by atoms with E-state index in [-0.39, 0.29) is 18.4 Å². The minimum absolute atomic E-state index is 0.199. The van der Waals surface area contributed by atoms with E-state index in [2.05, 4.69) is 19.9 Å². The van der Waals surface area contributed by atoms with Gasteiger partial charge >= 0.3 is 6.09 Å². The minimum atomic E-state index is -0.518. The number of amides is 2. The molecule has 11 heteroatoms. The summed E-state index contributed by atoms with van der Waals surface area (Å²) >= 11 is 0. The highest BCUT2D eigenvalue weighted by molar-refractivity contribution is 6.05. The summed E-state index contributed by atoms with van der Waals surface area (Å²) in [4.78, 5) is 48.5. The van der Waals surface area contributed by atoms with E-state index in [9.17, 15) is 9.59 Å². The second kappa shape index (κ2) is 12.5. The first-order chi connectivity index (χ1) is 19.1. The van der Waals surface area contributed by atoms with E-state index >= 15 is 0 Å². The van der Waals surface area contributed by atoms with Crippen molar-refractivity contribution in [3.05, 3.63) is 41.7 Å². The molecule has 2 aliphatic rings. The van der Waals surface area contributed by atoms with Gasteiger partial charge in [-0.1, -0.05) is 19.1 Å². The molecule has 0 spiro atoms. The van der Waals surface area contributed by atoms with Gasteiger partial charge in [0.1, 0.15) is 11.4 Å². The van der Waals surface area contributed by atoms with E-state index < -0.39 is 5.60 Å². The molecule has 2 aliphatic heterocycles. The molecule has 40 heavy (non-hydrogen) atoms. The lowest BCUT2D eigenvalue weighted by atomic mass is 10.0. The summed E-state index contributed by atoms with van der Waals surface area (Å²) in [5, 5.41) is 1.40. The van der Waals surface area contributed by atoms with Crippen molar-refractivity contribution in [2.45, 2.75) is 53.1 Å². The highest BCUT2D eigenvalue weighted by atomic mass is 16.7. The smallest absolute Gasteiger partial charge is 0.410 e. The molecule has 0 saturated carbocycles. The van der Waals surface area contributed by atoms with Gasteiger partial charge in [0.05, 0.1) is 12.3 Å². The van der Waals surface area contributed by atoms with Crippen LogP contribution in [-0.2, 0) is 14.4 Å². The summed E-state index contributed by atoms with van der Waals surface area (Å²) in [6, 6.07) is 5.81. The van der Waals surface area contributed by atoms with Crippen molar-refractivity contribution in [2.75, 3.05) is 44.2 Å². The number of hydroxylamine groups is 2. The van der Waals surface area contributed by atoms with Crippen LogP contribution in [0.15, 0.2) is 41.2 Å². The summed E-state index contributed by atoms with van der Waals surface area (Å²) in [5.74, 6) is 0.775. The van der Waals surface area contributed by atoms with Crippen molar-refractivity contribution in [3.63, 3.8) is 0 Å². The van der Waals surface area contributed by atoms with Gasteiger partial charge in [-0.05, 0) is 51.8 Å². The quantitative estimate of drug-likeness (QED) is 0.510. The third-order valence-electron chi connectivity index (χ3n) is 6.39. The number of aromatic nitrogens is 2. The van der Waals surface area contributed by atoms with Crippen LogP contribution in [0.5, 0.6) is 0 Å². The lowest BCUT2D eigenvalue weighted by Gasteiger charge is -2.35. The number of hydrogen-bond donors (Lipinski definition) is 1. The Hall–Kier alpha value is -3.99. The molecule has 1 saturated heterocycles. The third kappa shape index (κ3) is 7.15. The molecule has 2 aromatic rings. The standard InChI is InChI=1S/C29H39N7O4/c1-6-10-36(39-7-2)26(37)22-15-21-9-8-20(16-24(21)33-25(30)17-22)23-18-31-27(32-19-23)34-11-13-35(14-12-34)28(38)40-29(3,4)5/h8-9,15-16,18-19H,6-7,10-14,17H2,1-5H3,(H2,30,33). The maximum atomic E-state index is 13.1. The van der Waals surface area contributed by atoms with Gasteiger partial charge in [0.2, 0.25) is 5.95 Å². The summed E-state index contributed by atoms with van der Waals surface area (Å²) in [6.07, 6.45) is 6.13. The first kappa shape index (κ1) is 29.0. The molecule has 0 atom stereocenters. The van der Waals surface area contributed by atoms with Crippen molar-refractivity contribution in [1.29, 1.82) is 0 Å². The molecule has 2 amide bonds. The molecule has 214 valence electrons. The van der Waals surface area contributed by atoms with Gasteiger partial charge in [0.15, 0.2) is 0 Å². The number of nitrogens with two attached hydrogens (primary N) is 1. The number of anilines is 1. The predicted octanol–water partition coefficient (Wildman–Crippen LogP) is 4.17. The van der Waals surface area contributed by atoms with Gasteiger partial charge in [-0.2, -0.15) is 0 Å². The lowest BCUT2D eigenvalue weighted by molar-refractivity contribution is -0.180. The van der Waals surface area contributed by atoms with Crippen molar-refractivity contribution >= 4 is 35.5 Å². The average molecular weight is 550 g/mol. The van der Waals surface area contributed by atoms with Gasteiger partial charge < -0.3 is 20.3 Å². The molecule has 0 unspecified atom stereocenters. The molecule has 0 radical (unpaired) electrons. The van der Waals surface area contributed by atoms with Crippen molar-refractivity contribution in [1.82, 2.24) is 19.9 Å². The van der Waals surface area contributed by atoms with Gasteiger partial charge in [-0.3, -0.25) is 9.63 Å². The van der Waals surface area contributed by atoms with Crippen LogP contribution in [0.25, 0.3) is 17.2 Å². The van der Waals surface area contributed by atoms with Crippen LogP contribution in [0.2, 0.25) is 0 Å². The molecular formula is C29H39N7O4. The topological polar surface area (TPSA) is 126 Å². The summed E-state index contributed by atoms with van der Waals surface area (Å²) in [7, 11) is 0. The Morgan fingerprint density at radius 2 is 1.75 bits per heavy atom. The number of rotatable bonds is 7. The highest BCUT2D eigenvalue weighted by Crippen LogP contribution is 2.32. The first-order valence-electron chi connectivity index (χ1n) is 13.8. The van der Waals surface area contributed by atoms with Gasteiger partial charge in [-0.25, -0.2) is 24.8 Å². The summed E-state index contributed by atoms with van der Waals surface area (Å²) in [5.41, 5.74) is 9.44. The normalized spacial score (nSPS) is 15.5. The fraction of sp³-hybridized carbons (Fsp3) is 0.483. The number of aliphatic imine (C=N–C) groups is 1. The average Bonchev–Trinajstić information content (AvgIpc) is 3.09. The SMILES string of the molecule is CCCN(OCC)C(=O)C1=Cc2ccc(-c3cnc(N4CCN(C(=O)OC(C)(C)C)CC4)nc3)cc2N=C(N)C1. The monoisotopic (exact) mass is 549 g/mol. The van der Waals surface area contributed by atoms with Crippen molar-refractivity contribution < 1.29 is 19.2 Å². The first-order valence-corrected chi connectivity index (χ1v) is 13.8. The van der Waals surface area contributed by atoms with E-state index in [4.69, 9.17) is 15.3 Å². The Morgan fingerprint density at radius 1 is 1.05 bits per heavy atom. The largest absolute Gasteiger partial charge is 0.444 e. The van der Waals surface area contributed by atoms with Gasteiger partial charge in [0.25, 0.3) is 5.91 Å². The van der Waals surface area contributed by atoms with Gasteiger partial charge in [-0.15, -0.1) is 0 Å². The third-order valence-corrected chi connectivity index (χ3v) is 6.39. The van der Waals surface area contributed by atoms with Crippen LogP contribution in [-0.4, -0.2) is 82.7 Å². The highest BCUT2D eigenvalue weighted by Gasteiger charge is 2.27. The Kier molecular flexibility index (Phi) is 9.03.